The van der Waals surface area contributed by atoms with E-state index in [9.17, 15) is 14.7 Å². The monoisotopic (exact) mass is 504 g/mol. The third-order valence-electron chi connectivity index (χ3n) is 5.30. The number of methoxy groups -OCH3 is 2. The highest BCUT2D eigenvalue weighted by molar-refractivity contribution is 7.17. The second-order valence-electron chi connectivity index (χ2n) is 8.07. The fraction of sp³-hybridized carbons (Fsp3) is 0.550. The molecular formula is C20H26Cl2N4O5S. The predicted molar refractivity (Wildman–Crippen MR) is 123 cm³/mol. The summed E-state index contributed by atoms with van der Waals surface area (Å²) in [5.74, 6) is -0.912. The van der Waals surface area contributed by atoms with Crippen LogP contribution in [0.2, 0.25) is 10.0 Å². The van der Waals surface area contributed by atoms with E-state index < -0.39 is 11.6 Å². The second kappa shape index (κ2) is 9.56. The Labute approximate surface area is 200 Å². The first-order valence-corrected chi connectivity index (χ1v) is 11.5. The summed E-state index contributed by atoms with van der Waals surface area (Å²) in [5.41, 5.74) is -0.209. The van der Waals surface area contributed by atoms with Gasteiger partial charge < -0.3 is 29.8 Å². The lowest BCUT2D eigenvalue weighted by Gasteiger charge is -2.38. The molecule has 0 saturated carbocycles. The molecule has 9 nitrogen and oxygen atoms in total. The van der Waals surface area contributed by atoms with Crippen molar-refractivity contribution in [3.8, 4) is 0 Å². The van der Waals surface area contributed by atoms with Gasteiger partial charge in [-0.3, -0.25) is 4.79 Å². The van der Waals surface area contributed by atoms with Crippen LogP contribution in [0.4, 0.5) is 5.13 Å². The number of amides is 1. The molecule has 1 aliphatic heterocycles. The number of nitrogens with zero attached hydrogens (tertiary/aromatic N) is 2. The molecule has 176 valence electrons. The van der Waals surface area contributed by atoms with Crippen molar-refractivity contribution in [2.24, 2.45) is 0 Å². The molecule has 0 aliphatic carbocycles. The molecule has 2 atom stereocenters. The molecule has 3 rings (SSSR count). The molecule has 0 radical (unpaired) electrons. The summed E-state index contributed by atoms with van der Waals surface area (Å²) in [6.45, 7) is 5.86. The zero-order valence-electron chi connectivity index (χ0n) is 18.4. The van der Waals surface area contributed by atoms with Crippen molar-refractivity contribution in [2.75, 3.05) is 32.2 Å². The van der Waals surface area contributed by atoms with Crippen LogP contribution in [0.5, 0.6) is 0 Å². The number of hydrogen-bond acceptors (Lipinski definition) is 8. The lowest BCUT2D eigenvalue weighted by Crippen LogP contribution is -2.55. The van der Waals surface area contributed by atoms with Gasteiger partial charge in [0.15, 0.2) is 5.13 Å². The molecule has 1 fully saturated rings. The van der Waals surface area contributed by atoms with Crippen LogP contribution in [0.3, 0.4) is 0 Å². The summed E-state index contributed by atoms with van der Waals surface area (Å²) in [6, 6.07) is -0.268. The summed E-state index contributed by atoms with van der Waals surface area (Å²) in [5, 5.41) is 14.5. The number of nitrogens with one attached hydrogen (secondary N) is 2. The third kappa shape index (κ3) is 4.89. The van der Waals surface area contributed by atoms with Crippen molar-refractivity contribution >= 4 is 51.5 Å². The van der Waals surface area contributed by atoms with E-state index in [0.29, 0.717) is 35.4 Å². The maximum atomic E-state index is 12.7. The zero-order chi connectivity index (χ0) is 23.8. The Kier molecular flexibility index (Phi) is 7.41. The largest absolute Gasteiger partial charge is 0.465 e. The lowest BCUT2D eigenvalue weighted by molar-refractivity contribution is 0.0536. The van der Waals surface area contributed by atoms with Crippen LogP contribution in [-0.4, -0.2) is 66.4 Å². The first-order chi connectivity index (χ1) is 15.0. The number of aryl methyl sites for hydroxylation is 1. The van der Waals surface area contributed by atoms with Gasteiger partial charge in [-0.25, -0.2) is 9.78 Å². The van der Waals surface area contributed by atoms with Crippen molar-refractivity contribution in [1.82, 2.24) is 15.3 Å². The number of aromatic amines is 1. The number of carbonyl (C=O) groups is 2. The van der Waals surface area contributed by atoms with Gasteiger partial charge in [-0.15, -0.1) is 0 Å². The molecule has 1 saturated heterocycles. The van der Waals surface area contributed by atoms with Crippen LogP contribution in [0.25, 0.3) is 0 Å². The Bertz CT molecular complexity index is 1020. The molecular weight excluding hydrogens is 479 g/mol. The minimum Gasteiger partial charge on any atom is -0.465 e. The Morgan fingerprint density at radius 2 is 2.00 bits per heavy atom. The SMILES string of the molecule is COC(=O)c1sc(N2CC[C@@H](NC(=O)c3[nH]c(C)c(Cl)c3Cl)[C@@H](OC)C2)nc1C(C)(C)O. The molecule has 3 N–H and O–H groups in total. The van der Waals surface area contributed by atoms with E-state index in [1.165, 1.54) is 7.11 Å². The van der Waals surface area contributed by atoms with Crippen LogP contribution in [0.1, 0.15) is 51.8 Å². The molecule has 0 bridgehead atoms. The van der Waals surface area contributed by atoms with Gasteiger partial charge in [0.2, 0.25) is 0 Å². The number of carbonyl (C=O) groups excluding carboxylic acids is 2. The lowest BCUT2D eigenvalue weighted by atomic mass is 10.0. The van der Waals surface area contributed by atoms with E-state index in [4.69, 9.17) is 32.7 Å². The quantitative estimate of drug-likeness (QED) is 0.517. The number of aromatic nitrogens is 2. The molecule has 1 aliphatic rings. The molecule has 1 amide bonds. The summed E-state index contributed by atoms with van der Waals surface area (Å²) < 4.78 is 10.5. The fourth-order valence-electron chi connectivity index (χ4n) is 3.55. The number of piperidine rings is 1. The van der Waals surface area contributed by atoms with Gasteiger partial charge in [-0.2, -0.15) is 0 Å². The Balaban J connectivity index is 1.77. The normalized spacial score (nSPS) is 19.2. The van der Waals surface area contributed by atoms with Crippen LogP contribution in [0, 0.1) is 6.92 Å². The standard InChI is InChI=1S/C20H26Cl2N4O5S/c1-9-12(21)13(22)14(23-9)17(27)24-10-6-7-26(8-11(10)30-4)19-25-16(20(2,3)29)15(32-19)18(28)31-5/h10-11,23,29H,6-8H2,1-5H3,(H,24,27)/t10-,11+/m1/s1. The molecule has 0 unspecified atom stereocenters. The predicted octanol–water partition coefficient (Wildman–Crippen LogP) is 3.12. The molecule has 32 heavy (non-hydrogen) atoms. The van der Waals surface area contributed by atoms with Crippen LogP contribution in [0.15, 0.2) is 0 Å². The number of H-pyrrole nitrogens is 1. The van der Waals surface area contributed by atoms with Crippen molar-refractivity contribution in [3.63, 3.8) is 0 Å². The van der Waals surface area contributed by atoms with E-state index in [1.807, 2.05) is 4.90 Å². The first-order valence-electron chi connectivity index (χ1n) is 9.92. The molecule has 2 aromatic heterocycles. The summed E-state index contributed by atoms with van der Waals surface area (Å²) in [7, 11) is 2.86. The minimum atomic E-state index is -1.31. The topological polar surface area (TPSA) is 117 Å². The molecule has 3 heterocycles. The maximum absolute atomic E-state index is 12.7. The van der Waals surface area contributed by atoms with Crippen LogP contribution in [-0.2, 0) is 15.1 Å². The molecule has 0 aromatic carbocycles. The Morgan fingerprint density at radius 3 is 2.53 bits per heavy atom. The number of esters is 1. The first kappa shape index (κ1) is 24.8. The van der Waals surface area contributed by atoms with Crippen LogP contribution < -0.4 is 10.2 Å². The van der Waals surface area contributed by atoms with Crippen molar-refractivity contribution in [2.45, 2.75) is 44.9 Å². The zero-order valence-corrected chi connectivity index (χ0v) is 20.7. The summed E-state index contributed by atoms with van der Waals surface area (Å²) >= 11 is 13.4. The van der Waals surface area contributed by atoms with Gasteiger partial charge in [0.25, 0.3) is 5.91 Å². The maximum Gasteiger partial charge on any atom is 0.350 e. The van der Waals surface area contributed by atoms with Gasteiger partial charge in [-0.1, -0.05) is 34.5 Å². The third-order valence-corrected chi connectivity index (χ3v) is 7.34. The molecule has 12 heteroatoms. The second-order valence-corrected chi connectivity index (χ2v) is 9.80. The highest BCUT2D eigenvalue weighted by atomic mass is 35.5. The Hall–Kier alpha value is -1.85. The van der Waals surface area contributed by atoms with Gasteiger partial charge in [0.1, 0.15) is 16.2 Å². The average Bonchev–Trinajstić information content (AvgIpc) is 3.31. The van der Waals surface area contributed by atoms with Gasteiger partial charge in [-0.05, 0) is 27.2 Å². The summed E-state index contributed by atoms with van der Waals surface area (Å²) in [6.07, 6.45) is 0.231. The minimum absolute atomic E-state index is 0.186. The van der Waals surface area contributed by atoms with Crippen molar-refractivity contribution in [3.05, 3.63) is 32.0 Å². The average molecular weight is 505 g/mol. The highest BCUT2D eigenvalue weighted by Crippen LogP contribution is 2.35. The Morgan fingerprint density at radius 1 is 1.31 bits per heavy atom. The van der Waals surface area contributed by atoms with E-state index >= 15 is 0 Å². The number of thiazole rings is 1. The fourth-order valence-corrected chi connectivity index (χ4v) is 5.14. The summed E-state index contributed by atoms with van der Waals surface area (Å²) in [4.78, 5) is 34.6. The number of aliphatic hydroxyl groups is 1. The molecule has 0 spiro atoms. The van der Waals surface area contributed by atoms with E-state index in [0.717, 1.165) is 11.3 Å². The van der Waals surface area contributed by atoms with Gasteiger partial charge in [0, 0.05) is 25.9 Å². The van der Waals surface area contributed by atoms with Crippen molar-refractivity contribution < 1.29 is 24.2 Å². The number of hydrogen-bond donors (Lipinski definition) is 3. The van der Waals surface area contributed by atoms with Crippen molar-refractivity contribution in [1.29, 1.82) is 0 Å². The van der Waals surface area contributed by atoms with Crippen LogP contribution >= 0.6 is 34.5 Å². The van der Waals surface area contributed by atoms with Gasteiger partial charge in [0.05, 0.1) is 35.0 Å². The highest BCUT2D eigenvalue weighted by Gasteiger charge is 2.35. The number of rotatable bonds is 6. The smallest absolute Gasteiger partial charge is 0.350 e. The number of anilines is 1. The number of halogens is 2. The molecule has 2 aromatic rings. The number of ether oxygens (including phenoxy) is 2. The van der Waals surface area contributed by atoms with E-state index in [-0.39, 0.29) is 39.3 Å². The van der Waals surface area contributed by atoms with E-state index in [2.05, 4.69) is 15.3 Å². The van der Waals surface area contributed by atoms with E-state index in [1.54, 1.807) is 27.9 Å². The van der Waals surface area contributed by atoms with Gasteiger partial charge >= 0.3 is 5.97 Å².